The monoisotopic (exact) mass is 145 g/mol. The van der Waals surface area contributed by atoms with E-state index in [1.54, 1.807) is 7.11 Å². The van der Waals surface area contributed by atoms with Crippen LogP contribution in [0.5, 0.6) is 0 Å². The quantitative estimate of drug-likeness (QED) is 0.592. The molecule has 62 valence electrons. The summed E-state index contributed by atoms with van der Waals surface area (Å²) >= 11 is 0. The lowest BCUT2D eigenvalue weighted by molar-refractivity contribution is 0.0882. The highest BCUT2D eigenvalue weighted by atomic mass is 16.5. The van der Waals surface area contributed by atoms with E-state index in [1.807, 2.05) is 0 Å². The number of ether oxygens (including phenoxy) is 1. The predicted octanol–water partition coefficient (Wildman–Crippen LogP) is 1.36. The van der Waals surface area contributed by atoms with E-state index in [9.17, 15) is 0 Å². The minimum absolute atomic E-state index is 0.373. The lowest BCUT2D eigenvalue weighted by atomic mass is 10.1. The molecule has 0 aromatic heterocycles. The molecule has 2 unspecified atom stereocenters. The van der Waals surface area contributed by atoms with E-state index < -0.39 is 0 Å². The van der Waals surface area contributed by atoms with Crippen molar-refractivity contribution in [2.75, 3.05) is 21.2 Å². The van der Waals surface area contributed by atoms with Crippen molar-refractivity contribution in [3.8, 4) is 0 Å². The Morgan fingerprint density at radius 1 is 1.30 bits per heavy atom. The van der Waals surface area contributed by atoms with Crippen molar-refractivity contribution < 1.29 is 4.74 Å². The van der Waals surface area contributed by atoms with Crippen molar-refractivity contribution in [1.82, 2.24) is 4.90 Å². The van der Waals surface area contributed by atoms with Crippen LogP contribution in [0.15, 0.2) is 0 Å². The Bertz CT molecular complexity index is 83.3. The molecule has 0 aliphatic rings. The number of rotatable bonds is 4. The maximum atomic E-state index is 5.14. The lowest BCUT2D eigenvalue weighted by Crippen LogP contribution is -2.28. The molecule has 0 heterocycles. The Kier molecular flexibility index (Phi) is 4.65. The van der Waals surface area contributed by atoms with Crippen LogP contribution >= 0.6 is 0 Å². The number of hydrogen-bond acceptors (Lipinski definition) is 2. The van der Waals surface area contributed by atoms with Gasteiger partial charge in [-0.1, -0.05) is 0 Å². The average Bonchev–Trinajstić information content (AvgIpc) is 1.87. The van der Waals surface area contributed by atoms with Crippen molar-refractivity contribution in [1.29, 1.82) is 0 Å². The number of nitrogens with zero attached hydrogens (tertiary/aromatic N) is 1. The predicted molar refractivity (Wildman–Crippen MR) is 44.2 cm³/mol. The van der Waals surface area contributed by atoms with Crippen molar-refractivity contribution in [3.63, 3.8) is 0 Å². The molecule has 0 amide bonds. The van der Waals surface area contributed by atoms with E-state index in [-0.39, 0.29) is 0 Å². The standard InChI is InChI=1S/C8H19NO/c1-7(9(3)4)6-8(2)10-5/h7-8H,6H2,1-5H3. The van der Waals surface area contributed by atoms with E-state index in [4.69, 9.17) is 4.74 Å². The molecule has 2 atom stereocenters. The van der Waals surface area contributed by atoms with Crippen LogP contribution in [-0.2, 0) is 4.74 Å². The topological polar surface area (TPSA) is 12.5 Å². The smallest absolute Gasteiger partial charge is 0.0558 e. The second-order valence-corrected chi connectivity index (χ2v) is 3.09. The van der Waals surface area contributed by atoms with Crippen LogP contribution in [-0.4, -0.2) is 38.3 Å². The lowest BCUT2D eigenvalue weighted by Gasteiger charge is -2.22. The Hall–Kier alpha value is -0.0800. The van der Waals surface area contributed by atoms with Gasteiger partial charge >= 0.3 is 0 Å². The third-order valence-electron chi connectivity index (χ3n) is 1.96. The Morgan fingerprint density at radius 2 is 1.80 bits per heavy atom. The summed E-state index contributed by atoms with van der Waals surface area (Å²) in [5.41, 5.74) is 0. The summed E-state index contributed by atoms with van der Waals surface area (Å²) < 4.78 is 5.14. The van der Waals surface area contributed by atoms with E-state index in [0.29, 0.717) is 12.1 Å². The van der Waals surface area contributed by atoms with E-state index >= 15 is 0 Å². The molecule has 2 nitrogen and oxygen atoms in total. The van der Waals surface area contributed by atoms with Gasteiger partial charge in [0.2, 0.25) is 0 Å². The van der Waals surface area contributed by atoms with Crippen LogP contribution in [0, 0.1) is 0 Å². The first-order chi connectivity index (χ1) is 4.57. The largest absolute Gasteiger partial charge is 0.382 e. The first-order valence-corrected chi connectivity index (χ1v) is 3.77. The fourth-order valence-corrected chi connectivity index (χ4v) is 0.787. The molecule has 0 bridgehead atoms. The molecule has 0 saturated carbocycles. The third kappa shape index (κ3) is 3.85. The van der Waals surface area contributed by atoms with E-state index in [2.05, 4.69) is 32.8 Å². The first kappa shape index (κ1) is 9.92. The summed E-state index contributed by atoms with van der Waals surface area (Å²) in [6.07, 6.45) is 1.47. The van der Waals surface area contributed by atoms with Crippen molar-refractivity contribution in [2.45, 2.75) is 32.4 Å². The van der Waals surface area contributed by atoms with Gasteiger partial charge in [-0.25, -0.2) is 0 Å². The maximum Gasteiger partial charge on any atom is 0.0558 e. The maximum absolute atomic E-state index is 5.14. The normalized spacial score (nSPS) is 17.4. The Morgan fingerprint density at radius 3 is 2.10 bits per heavy atom. The van der Waals surface area contributed by atoms with Crippen LogP contribution in [0.25, 0.3) is 0 Å². The molecule has 0 aliphatic heterocycles. The van der Waals surface area contributed by atoms with Crippen LogP contribution < -0.4 is 0 Å². The van der Waals surface area contributed by atoms with E-state index in [1.165, 1.54) is 0 Å². The minimum atomic E-state index is 0.373. The molecule has 0 N–H and O–H groups in total. The Balaban J connectivity index is 3.46. The first-order valence-electron chi connectivity index (χ1n) is 3.77. The van der Waals surface area contributed by atoms with Gasteiger partial charge in [0.25, 0.3) is 0 Å². The fourth-order valence-electron chi connectivity index (χ4n) is 0.787. The van der Waals surface area contributed by atoms with Gasteiger partial charge in [0, 0.05) is 13.2 Å². The van der Waals surface area contributed by atoms with Crippen molar-refractivity contribution >= 4 is 0 Å². The zero-order valence-electron chi connectivity index (χ0n) is 7.72. The summed E-state index contributed by atoms with van der Waals surface area (Å²) in [6, 6.07) is 0.606. The van der Waals surface area contributed by atoms with E-state index in [0.717, 1.165) is 6.42 Å². The summed E-state index contributed by atoms with van der Waals surface area (Å²) in [6.45, 7) is 4.30. The van der Waals surface area contributed by atoms with Gasteiger partial charge in [-0.2, -0.15) is 0 Å². The van der Waals surface area contributed by atoms with Crippen LogP contribution in [0.3, 0.4) is 0 Å². The molecule has 0 rings (SSSR count). The summed E-state index contributed by atoms with van der Waals surface area (Å²) in [5.74, 6) is 0. The third-order valence-corrected chi connectivity index (χ3v) is 1.96. The summed E-state index contributed by atoms with van der Waals surface area (Å²) in [7, 11) is 5.94. The minimum Gasteiger partial charge on any atom is -0.382 e. The number of hydrogen-bond donors (Lipinski definition) is 0. The molecule has 0 fully saturated rings. The van der Waals surface area contributed by atoms with Gasteiger partial charge in [-0.15, -0.1) is 0 Å². The van der Waals surface area contributed by atoms with Crippen LogP contribution in [0.1, 0.15) is 20.3 Å². The van der Waals surface area contributed by atoms with Gasteiger partial charge in [-0.3, -0.25) is 0 Å². The average molecular weight is 145 g/mol. The second kappa shape index (κ2) is 4.69. The zero-order chi connectivity index (χ0) is 8.15. The highest BCUT2D eigenvalue weighted by Gasteiger charge is 2.08. The van der Waals surface area contributed by atoms with Crippen LogP contribution in [0.2, 0.25) is 0 Å². The van der Waals surface area contributed by atoms with Gasteiger partial charge in [0.05, 0.1) is 6.10 Å². The van der Waals surface area contributed by atoms with Gasteiger partial charge in [0.1, 0.15) is 0 Å². The van der Waals surface area contributed by atoms with Crippen molar-refractivity contribution in [2.24, 2.45) is 0 Å². The van der Waals surface area contributed by atoms with Gasteiger partial charge in [0.15, 0.2) is 0 Å². The molecule has 0 aliphatic carbocycles. The van der Waals surface area contributed by atoms with Gasteiger partial charge < -0.3 is 9.64 Å². The number of methoxy groups -OCH3 is 1. The molecule has 0 spiro atoms. The second-order valence-electron chi connectivity index (χ2n) is 3.09. The Labute approximate surface area is 64.2 Å². The van der Waals surface area contributed by atoms with Crippen molar-refractivity contribution in [3.05, 3.63) is 0 Å². The highest BCUT2D eigenvalue weighted by Crippen LogP contribution is 2.04. The molecular formula is C8H19NO. The van der Waals surface area contributed by atoms with Crippen LogP contribution in [0.4, 0.5) is 0 Å². The van der Waals surface area contributed by atoms with Gasteiger partial charge in [-0.05, 0) is 34.4 Å². The molecule has 0 aromatic carbocycles. The SMILES string of the molecule is COC(C)CC(C)N(C)C. The highest BCUT2D eigenvalue weighted by molar-refractivity contribution is 4.63. The summed E-state index contributed by atoms with van der Waals surface area (Å²) in [5, 5.41) is 0. The molecular weight excluding hydrogens is 126 g/mol. The summed E-state index contributed by atoms with van der Waals surface area (Å²) in [4.78, 5) is 2.20. The fraction of sp³-hybridized carbons (Fsp3) is 1.00. The molecule has 0 radical (unpaired) electrons. The molecule has 10 heavy (non-hydrogen) atoms. The molecule has 0 saturated heterocycles. The molecule has 2 heteroatoms. The molecule has 0 aromatic rings. The zero-order valence-corrected chi connectivity index (χ0v) is 7.72.